The first-order chi connectivity index (χ1) is 15.9. The minimum absolute atomic E-state index is 0.0966. The number of nitrogens with one attached hydrogen (secondary N) is 2. The number of aromatic nitrogens is 3. The maximum absolute atomic E-state index is 12.8. The number of fused-ring (bicyclic) bond motifs is 1. The standard InChI is InChI=1S/C22H24N6O4S/c23-10-7-18(14-1-2-14)28-19-8-11-24-22(30)20(19)21(26-28)25-15-3-5-17(6-4-15)33(31,32)27-12-9-16(29)13-27/h3-6,8,11,14,16,18,29H,1-2,7,9,12-13H2,(H,24,30)(H,25,26). The smallest absolute Gasteiger partial charge is 0.261 e. The van der Waals surface area contributed by atoms with Crippen molar-refractivity contribution in [2.24, 2.45) is 5.92 Å². The summed E-state index contributed by atoms with van der Waals surface area (Å²) in [5, 5.41) is 27.1. The van der Waals surface area contributed by atoms with Crippen LogP contribution in [0.15, 0.2) is 46.2 Å². The van der Waals surface area contributed by atoms with E-state index in [9.17, 15) is 23.6 Å². The van der Waals surface area contributed by atoms with Crippen molar-refractivity contribution in [1.82, 2.24) is 19.1 Å². The van der Waals surface area contributed by atoms with Crippen LogP contribution in [0.1, 0.15) is 31.7 Å². The summed E-state index contributed by atoms with van der Waals surface area (Å²) >= 11 is 0. The van der Waals surface area contributed by atoms with Gasteiger partial charge in [0, 0.05) is 25.0 Å². The highest BCUT2D eigenvalue weighted by molar-refractivity contribution is 7.89. The Bertz CT molecular complexity index is 1380. The molecule has 1 saturated carbocycles. The Balaban J connectivity index is 1.46. The third-order valence-corrected chi connectivity index (χ3v) is 8.17. The molecule has 1 aliphatic heterocycles. The van der Waals surface area contributed by atoms with E-state index in [1.54, 1.807) is 29.1 Å². The Hall–Kier alpha value is -3.20. The molecule has 2 unspecified atom stereocenters. The summed E-state index contributed by atoms with van der Waals surface area (Å²) in [5.74, 6) is 0.724. The monoisotopic (exact) mass is 468 g/mol. The van der Waals surface area contributed by atoms with E-state index in [4.69, 9.17) is 0 Å². The number of sulfonamides is 1. The zero-order chi connectivity index (χ0) is 23.2. The highest BCUT2D eigenvalue weighted by Crippen LogP contribution is 2.43. The average molecular weight is 469 g/mol. The number of anilines is 2. The fraction of sp³-hybridized carbons (Fsp3) is 0.409. The number of β-amino-alcohol motifs (C(OH)–C–C–N with tert-alkyl or cyclic N) is 1. The summed E-state index contributed by atoms with van der Waals surface area (Å²) in [5.41, 5.74) is 0.938. The van der Waals surface area contributed by atoms with Crippen LogP contribution in [0, 0.1) is 17.2 Å². The van der Waals surface area contributed by atoms with Gasteiger partial charge >= 0.3 is 0 Å². The van der Waals surface area contributed by atoms with E-state index in [0.717, 1.165) is 12.8 Å². The molecule has 2 fully saturated rings. The molecule has 0 bridgehead atoms. The molecule has 172 valence electrons. The fourth-order valence-electron chi connectivity index (χ4n) is 4.39. The van der Waals surface area contributed by atoms with Crippen LogP contribution >= 0.6 is 0 Å². The molecular formula is C22H24N6O4S. The number of aliphatic hydroxyl groups is 1. The molecule has 0 amide bonds. The predicted molar refractivity (Wildman–Crippen MR) is 121 cm³/mol. The van der Waals surface area contributed by atoms with Gasteiger partial charge in [0.05, 0.1) is 35.0 Å². The van der Waals surface area contributed by atoms with Gasteiger partial charge < -0.3 is 15.4 Å². The van der Waals surface area contributed by atoms with Gasteiger partial charge in [-0.05, 0) is 55.5 Å². The minimum atomic E-state index is -3.68. The number of aliphatic hydroxyl groups excluding tert-OH is 1. The van der Waals surface area contributed by atoms with Gasteiger partial charge in [-0.25, -0.2) is 8.42 Å². The lowest BCUT2D eigenvalue weighted by Gasteiger charge is -2.16. The highest BCUT2D eigenvalue weighted by Gasteiger charge is 2.35. The third kappa shape index (κ3) is 4.01. The van der Waals surface area contributed by atoms with E-state index in [1.165, 1.54) is 16.4 Å². The molecule has 0 radical (unpaired) electrons. The maximum atomic E-state index is 12.8. The lowest BCUT2D eigenvalue weighted by atomic mass is 10.1. The van der Waals surface area contributed by atoms with Crippen molar-refractivity contribution in [2.45, 2.75) is 42.7 Å². The number of pyridine rings is 1. The third-order valence-electron chi connectivity index (χ3n) is 6.29. The SMILES string of the molecule is N#CCC(C1CC1)n1nc(Nc2ccc(S(=O)(=O)N3CCC(O)C3)cc2)c2c(=O)[nH]ccc21. The zero-order valence-electron chi connectivity index (χ0n) is 17.8. The summed E-state index contributed by atoms with van der Waals surface area (Å²) in [7, 11) is -3.68. The van der Waals surface area contributed by atoms with Gasteiger partial charge in [0.15, 0.2) is 5.82 Å². The van der Waals surface area contributed by atoms with Crippen LogP contribution in [0.4, 0.5) is 11.5 Å². The minimum Gasteiger partial charge on any atom is -0.392 e. The van der Waals surface area contributed by atoms with Crippen LogP contribution < -0.4 is 10.9 Å². The van der Waals surface area contributed by atoms with E-state index in [1.807, 2.05) is 0 Å². The molecule has 5 rings (SSSR count). The Kier molecular flexibility index (Phi) is 5.44. The molecule has 33 heavy (non-hydrogen) atoms. The van der Waals surface area contributed by atoms with Crippen LogP contribution in [0.3, 0.4) is 0 Å². The van der Waals surface area contributed by atoms with Gasteiger partial charge in [0.2, 0.25) is 10.0 Å². The molecule has 10 nitrogen and oxygen atoms in total. The van der Waals surface area contributed by atoms with E-state index in [2.05, 4.69) is 21.5 Å². The van der Waals surface area contributed by atoms with Crippen molar-refractivity contribution in [3.05, 3.63) is 46.9 Å². The summed E-state index contributed by atoms with van der Waals surface area (Å²) < 4.78 is 28.6. The normalized spacial score (nSPS) is 20.1. The van der Waals surface area contributed by atoms with Crippen LogP contribution in [0.5, 0.6) is 0 Å². The van der Waals surface area contributed by atoms with Crippen LogP contribution in [0.2, 0.25) is 0 Å². The van der Waals surface area contributed by atoms with Crippen LogP contribution in [-0.4, -0.2) is 51.8 Å². The molecule has 3 aromatic rings. The Morgan fingerprint density at radius 1 is 1.24 bits per heavy atom. The molecule has 3 heterocycles. The van der Waals surface area contributed by atoms with Gasteiger partial charge in [0.1, 0.15) is 5.39 Å². The second kappa shape index (κ2) is 8.30. The van der Waals surface area contributed by atoms with Gasteiger partial charge in [-0.3, -0.25) is 9.48 Å². The number of hydrogen-bond donors (Lipinski definition) is 3. The van der Waals surface area contributed by atoms with Gasteiger partial charge in [-0.1, -0.05) is 0 Å². The molecule has 11 heteroatoms. The molecule has 2 aromatic heterocycles. The lowest BCUT2D eigenvalue weighted by molar-refractivity contribution is 0.189. The molecule has 1 aliphatic carbocycles. The van der Waals surface area contributed by atoms with Gasteiger partial charge in [0.25, 0.3) is 5.56 Å². The molecule has 1 saturated heterocycles. The number of nitrogens with zero attached hydrogens (tertiary/aromatic N) is 4. The Morgan fingerprint density at radius 3 is 2.64 bits per heavy atom. The number of H-pyrrole nitrogens is 1. The molecule has 2 aliphatic rings. The summed E-state index contributed by atoms with van der Waals surface area (Å²) in [6.45, 7) is 0.389. The van der Waals surface area contributed by atoms with E-state index < -0.39 is 16.1 Å². The van der Waals surface area contributed by atoms with E-state index in [0.29, 0.717) is 47.7 Å². The number of benzene rings is 1. The number of rotatable bonds is 7. The van der Waals surface area contributed by atoms with E-state index in [-0.39, 0.29) is 23.0 Å². The first kappa shape index (κ1) is 21.6. The number of nitriles is 1. The first-order valence-corrected chi connectivity index (χ1v) is 12.3. The van der Waals surface area contributed by atoms with E-state index >= 15 is 0 Å². The van der Waals surface area contributed by atoms with Crippen molar-refractivity contribution in [3.63, 3.8) is 0 Å². The average Bonchev–Trinajstić information content (AvgIpc) is 3.44. The molecular weight excluding hydrogens is 444 g/mol. The largest absolute Gasteiger partial charge is 0.392 e. The second-order valence-corrected chi connectivity index (χ2v) is 10.5. The maximum Gasteiger partial charge on any atom is 0.261 e. The molecule has 3 N–H and O–H groups in total. The Labute approximate surface area is 190 Å². The lowest BCUT2D eigenvalue weighted by Crippen LogP contribution is -2.29. The zero-order valence-corrected chi connectivity index (χ0v) is 18.6. The topological polar surface area (TPSA) is 144 Å². The van der Waals surface area contributed by atoms with Gasteiger partial charge in [-0.2, -0.15) is 14.7 Å². The second-order valence-electron chi connectivity index (χ2n) is 8.58. The fourth-order valence-corrected chi connectivity index (χ4v) is 5.88. The molecule has 2 atom stereocenters. The van der Waals surface area contributed by atoms with Crippen LogP contribution in [0.25, 0.3) is 10.9 Å². The summed E-state index contributed by atoms with van der Waals surface area (Å²) in [6.07, 6.45) is 3.73. The summed E-state index contributed by atoms with van der Waals surface area (Å²) in [6, 6.07) is 10.1. The van der Waals surface area contributed by atoms with Crippen LogP contribution in [-0.2, 0) is 10.0 Å². The quantitative estimate of drug-likeness (QED) is 0.481. The highest BCUT2D eigenvalue weighted by atomic mass is 32.2. The van der Waals surface area contributed by atoms with Crippen molar-refractivity contribution in [1.29, 1.82) is 5.26 Å². The summed E-state index contributed by atoms with van der Waals surface area (Å²) in [4.78, 5) is 15.4. The van der Waals surface area contributed by atoms with Gasteiger partial charge in [-0.15, -0.1) is 0 Å². The van der Waals surface area contributed by atoms with Crippen molar-refractivity contribution in [3.8, 4) is 6.07 Å². The molecule has 1 aromatic carbocycles. The number of hydrogen-bond acceptors (Lipinski definition) is 7. The van der Waals surface area contributed by atoms with Crippen molar-refractivity contribution < 1.29 is 13.5 Å². The Morgan fingerprint density at radius 2 is 2.00 bits per heavy atom. The predicted octanol–water partition coefficient (Wildman–Crippen LogP) is 2.09. The number of aromatic amines is 1. The molecule has 0 spiro atoms. The van der Waals surface area contributed by atoms with Crippen molar-refractivity contribution in [2.75, 3.05) is 18.4 Å². The van der Waals surface area contributed by atoms with Crippen molar-refractivity contribution >= 4 is 32.4 Å². The first-order valence-electron chi connectivity index (χ1n) is 10.9.